The van der Waals surface area contributed by atoms with Crippen LogP contribution in [0.1, 0.15) is 39.0 Å². The zero-order valence-electron chi connectivity index (χ0n) is 17.3. The third-order valence-electron chi connectivity index (χ3n) is 4.34. The monoisotopic (exact) mass is 392 g/mol. The van der Waals surface area contributed by atoms with Crippen LogP contribution in [0.3, 0.4) is 0 Å². The molecule has 150 valence electrons. The predicted molar refractivity (Wildman–Crippen MR) is 108 cm³/mol. The van der Waals surface area contributed by atoms with Crippen LogP contribution in [0.5, 0.6) is 0 Å². The van der Waals surface area contributed by atoms with Crippen molar-refractivity contribution in [3.63, 3.8) is 0 Å². The molecule has 0 radical (unpaired) electrons. The number of benzene rings is 1. The van der Waals surface area contributed by atoms with Gasteiger partial charge in [-0.05, 0) is 46.8 Å². The number of carbonyl (C=O) groups excluding carboxylic acids is 1. The third kappa shape index (κ3) is 6.28. The predicted octanol–water partition coefficient (Wildman–Crippen LogP) is 4.61. The number of carbonyl (C=O) groups is 1. The molecule has 5 nitrogen and oxygen atoms in total. The van der Waals surface area contributed by atoms with E-state index in [9.17, 15) is 4.79 Å². The average Bonchev–Trinajstić information content (AvgIpc) is 2.60. The smallest absolute Gasteiger partial charge is 0.333 e. The van der Waals surface area contributed by atoms with E-state index in [-0.39, 0.29) is 12.1 Å². The molecular formula is C21H32O5Si. The number of ether oxygens (including phenoxy) is 3. The summed E-state index contributed by atoms with van der Waals surface area (Å²) >= 11 is 0. The molecule has 6 heteroatoms. The van der Waals surface area contributed by atoms with E-state index < -0.39 is 20.2 Å². The first-order chi connectivity index (χ1) is 12.6. The van der Waals surface area contributed by atoms with E-state index >= 15 is 0 Å². The molecule has 2 rings (SSSR count). The Morgan fingerprint density at radius 3 is 2.56 bits per heavy atom. The maximum atomic E-state index is 11.9. The van der Waals surface area contributed by atoms with Gasteiger partial charge < -0.3 is 18.6 Å². The van der Waals surface area contributed by atoms with Gasteiger partial charge in [-0.1, -0.05) is 36.4 Å². The van der Waals surface area contributed by atoms with E-state index in [0.29, 0.717) is 25.2 Å². The summed E-state index contributed by atoms with van der Waals surface area (Å²) in [6.45, 7) is 12.9. The molecule has 3 atom stereocenters. The van der Waals surface area contributed by atoms with E-state index in [1.54, 1.807) is 13.8 Å². The minimum absolute atomic E-state index is 0.229. The molecule has 1 aromatic carbocycles. The average molecular weight is 393 g/mol. The van der Waals surface area contributed by atoms with E-state index in [2.05, 4.69) is 19.6 Å². The van der Waals surface area contributed by atoms with E-state index in [1.165, 1.54) is 0 Å². The Kier molecular flexibility index (Phi) is 7.39. The minimum Gasteiger partial charge on any atom is -0.463 e. The van der Waals surface area contributed by atoms with Crippen molar-refractivity contribution in [2.24, 2.45) is 0 Å². The summed E-state index contributed by atoms with van der Waals surface area (Å²) < 4.78 is 23.8. The van der Waals surface area contributed by atoms with Crippen molar-refractivity contribution < 1.29 is 23.4 Å². The van der Waals surface area contributed by atoms with Crippen molar-refractivity contribution in [1.29, 1.82) is 0 Å². The summed E-state index contributed by atoms with van der Waals surface area (Å²) in [7, 11) is -1.82. The van der Waals surface area contributed by atoms with Crippen LogP contribution in [0, 0.1) is 0 Å². The van der Waals surface area contributed by atoms with Crippen LogP contribution in [0.15, 0.2) is 42.0 Å². The number of esters is 1. The molecule has 1 aliphatic rings. The van der Waals surface area contributed by atoms with Gasteiger partial charge in [0.2, 0.25) is 0 Å². The number of rotatable bonds is 7. The summed E-state index contributed by atoms with van der Waals surface area (Å²) in [6, 6.07) is 9.88. The molecule has 1 fully saturated rings. The Balaban J connectivity index is 2.20. The molecule has 1 heterocycles. The first-order valence-corrected chi connectivity index (χ1v) is 12.9. The maximum Gasteiger partial charge on any atom is 0.333 e. The SMILES string of the molecule is CCOC(=O)/C(C)=C/C[C@@H]1O[C@H](c2ccccc2)OC[C@@]1(C)O[Si](C)(C)C. The lowest BCUT2D eigenvalue weighted by Crippen LogP contribution is -2.56. The van der Waals surface area contributed by atoms with Gasteiger partial charge in [-0.15, -0.1) is 0 Å². The fraction of sp³-hybridized carbons (Fsp3) is 0.571. The molecule has 0 bridgehead atoms. The second-order valence-electron chi connectivity index (χ2n) is 8.05. The molecule has 0 saturated carbocycles. The zero-order chi connectivity index (χ0) is 20.1. The fourth-order valence-electron chi connectivity index (χ4n) is 3.16. The molecule has 27 heavy (non-hydrogen) atoms. The Bertz CT molecular complexity index is 652. The van der Waals surface area contributed by atoms with Crippen molar-refractivity contribution in [3.8, 4) is 0 Å². The largest absolute Gasteiger partial charge is 0.463 e. The highest BCUT2D eigenvalue weighted by atomic mass is 28.4. The first-order valence-electron chi connectivity index (χ1n) is 9.50. The van der Waals surface area contributed by atoms with Crippen LogP contribution < -0.4 is 0 Å². The highest BCUT2D eigenvalue weighted by molar-refractivity contribution is 6.69. The molecule has 0 aliphatic carbocycles. The van der Waals surface area contributed by atoms with Gasteiger partial charge in [0, 0.05) is 11.1 Å². The zero-order valence-corrected chi connectivity index (χ0v) is 18.3. The Labute approximate surface area is 163 Å². The molecule has 0 spiro atoms. The van der Waals surface area contributed by atoms with Gasteiger partial charge in [0.25, 0.3) is 0 Å². The van der Waals surface area contributed by atoms with Gasteiger partial charge in [0.05, 0.1) is 19.3 Å². The standard InChI is InChI=1S/C21H32O5Si/c1-7-23-19(22)16(2)13-14-18-21(3,26-27(4,5)6)15-24-20(25-18)17-11-9-8-10-12-17/h8-13,18,20H,7,14-15H2,1-6H3/b16-13+/t18-,20+,21+/m0/s1. The number of hydrogen-bond acceptors (Lipinski definition) is 5. The highest BCUT2D eigenvalue weighted by Crippen LogP contribution is 2.37. The maximum absolute atomic E-state index is 11.9. The summed E-state index contributed by atoms with van der Waals surface area (Å²) in [5.74, 6) is -0.294. The van der Waals surface area contributed by atoms with Gasteiger partial charge in [0.1, 0.15) is 5.60 Å². The van der Waals surface area contributed by atoms with Crippen molar-refractivity contribution in [2.75, 3.05) is 13.2 Å². The lowest BCUT2D eigenvalue weighted by atomic mass is 9.95. The second kappa shape index (κ2) is 9.15. The minimum atomic E-state index is -1.82. The molecule has 1 aliphatic heterocycles. The van der Waals surface area contributed by atoms with Crippen molar-refractivity contribution in [3.05, 3.63) is 47.5 Å². The summed E-state index contributed by atoms with van der Waals surface area (Å²) in [5, 5.41) is 0. The number of hydrogen-bond donors (Lipinski definition) is 0. The second-order valence-corrected chi connectivity index (χ2v) is 12.5. The first kappa shape index (κ1) is 21.8. The third-order valence-corrected chi connectivity index (χ3v) is 5.42. The van der Waals surface area contributed by atoms with Crippen LogP contribution in [0.4, 0.5) is 0 Å². The summed E-state index contributed by atoms with van der Waals surface area (Å²) in [6.07, 6.45) is 1.76. The summed E-state index contributed by atoms with van der Waals surface area (Å²) in [5.41, 5.74) is 0.989. The van der Waals surface area contributed by atoms with Crippen molar-refractivity contribution >= 4 is 14.3 Å². The van der Waals surface area contributed by atoms with Crippen LogP contribution in [-0.4, -0.2) is 39.2 Å². The van der Waals surface area contributed by atoms with Crippen LogP contribution in [0.25, 0.3) is 0 Å². The molecule has 0 unspecified atom stereocenters. The quantitative estimate of drug-likeness (QED) is 0.385. The molecular weight excluding hydrogens is 360 g/mol. The van der Waals surface area contributed by atoms with Gasteiger partial charge in [0.15, 0.2) is 14.6 Å². The van der Waals surface area contributed by atoms with Gasteiger partial charge in [-0.2, -0.15) is 0 Å². The molecule has 1 aromatic rings. The van der Waals surface area contributed by atoms with Gasteiger partial charge in [-0.3, -0.25) is 0 Å². The van der Waals surface area contributed by atoms with E-state index in [4.69, 9.17) is 18.6 Å². The Morgan fingerprint density at radius 1 is 1.30 bits per heavy atom. The van der Waals surface area contributed by atoms with Crippen molar-refractivity contribution in [2.45, 2.75) is 64.8 Å². The lowest BCUT2D eigenvalue weighted by Gasteiger charge is -2.46. The Hall–Kier alpha value is -1.47. The molecule has 1 saturated heterocycles. The van der Waals surface area contributed by atoms with Crippen LogP contribution in [-0.2, 0) is 23.4 Å². The van der Waals surface area contributed by atoms with E-state index in [0.717, 1.165) is 5.56 Å². The van der Waals surface area contributed by atoms with E-state index in [1.807, 2.05) is 43.3 Å². The summed E-state index contributed by atoms with van der Waals surface area (Å²) in [4.78, 5) is 11.9. The van der Waals surface area contributed by atoms with Crippen LogP contribution in [0.2, 0.25) is 19.6 Å². The molecule has 0 amide bonds. The topological polar surface area (TPSA) is 54.0 Å². The molecule has 0 N–H and O–H groups in total. The molecule has 0 aromatic heterocycles. The highest BCUT2D eigenvalue weighted by Gasteiger charge is 2.45. The lowest BCUT2D eigenvalue weighted by molar-refractivity contribution is -0.282. The fourth-order valence-corrected chi connectivity index (χ4v) is 4.75. The normalized spacial score (nSPS) is 26.7. The van der Waals surface area contributed by atoms with Crippen LogP contribution >= 0.6 is 0 Å². The Morgan fingerprint density at radius 2 is 1.96 bits per heavy atom. The van der Waals surface area contributed by atoms with Gasteiger partial charge >= 0.3 is 5.97 Å². The van der Waals surface area contributed by atoms with Crippen molar-refractivity contribution in [1.82, 2.24) is 0 Å². The van der Waals surface area contributed by atoms with Gasteiger partial charge in [-0.25, -0.2) is 4.79 Å².